The van der Waals surface area contributed by atoms with Gasteiger partial charge in [0.25, 0.3) is 0 Å². The van der Waals surface area contributed by atoms with E-state index in [-0.39, 0.29) is 23.0 Å². The van der Waals surface area contributed by atoms with Crippen LogP contribution < -0.4 is 24.7 Å². The molecule has 4 aromatic rings. The number of carbonyl (C=O) groups is 1. The van der Waals surface area contributed by atoms with E-state index in [9.17, 15) is 10.1 Å². The molecular weight excluding hydrogens is 544 g/mol. The summed E-state index contributed by atoms with van der Waals surface area (Å²) in [5.41, 5.74) is 11.5. The summed E-state index contributed by atoms with van der Waals surface area (Å²) in [6.45, 7) is 10.9. The van der Waals surface area contributed by atoms with E-state index in [0.717, 1.165) is 46.9 Å². The standard InChI is InChI=1S/C35H36N2O6/c1-6-8-9-14-40-27-13-10-23(17-29(27)39-7-2)32-25-12-11-24(18-28(25)43-34(37)26(32)19-36)41-35(38)33-22(5)31-21(4)15-20(3)16-30(31)42-33/h10-13,15-18,32H,6-9,14,37H2,1-5H3. The Hall–Kier alpha value is -4.90. The van der Waals surface area contributed by atoms with Gasteiger partial charge in [0.15, 0.2) is 11.5 Å². The monoisotopic (exact) mass is 580 g/mol. The molecule has 2 heterocycles. The Morgan fingerprint density at radius 1 is 1.00 bits per heavy atom. The second-order valence-corrected chi connectivity index (χ2v) is 10.7. The zero-order chi connectivity index (χ0) is 30.7. The number of furan rings is 1. The predicted molar refractivity (Wildman–Crippen MR) is 164 cm³/mol. The molecule has 0 spiro atoms. The van der Waals surface area contributed by atoms with Gasteiger partial charge >= 0.3 is 5.97 Å². The first-order chi connectivity index (χ1) is 20.7. The zero-order valence-corrected chi connectivity index (χ0v) is 25.2. The van der Waals surface area contributed by atoms with Crippen molar-refractivity contribution >= 4 is 16.9 Å². The number of ether oxygens (including phenoxy) is 4. The molecule has 0 saturated heterocycles. The molecule has 1 atom stereocenters. The molecule has 1 aromatic heterocycles. The van der Waals surface area contributed by atoms with Crippen LogP contribution in [0.5, 0.6) is 23.0 Å². The maximum atomic E-state index is 13.2. The molecule has 1 unspecified atom stereocenters. The minimum absolute atomic E-state index is 0.0136. The number of nitrogens with two attached hydrogens (primary N) is 1. The van der Waals surface area contributed by atoms with Gasteiger partial charge < -0.3 is 29.1 Å². The van der Waals surface area contributed by atoms with Crippen LogP contribution >= 0.6 is 0 Å². The van der Waals surface area contributed by atoms with Gasteiger partial charge in [0, 0.05) is 22.6 Å². The number of hydrogen-bond acceptors (Lipinski definition) is 8. The third kappa shape index (κ3) is 5.89. The fraction of sp³-hybridized carbons (Fsp3) is 0.314. The maximum Gasteiger partial charge on any atom is 0.379 e. The van der Waals surface area contributed by atoms with E-state index in [1.54, 1.807) is 18.2 Å². The van der Waals surface area contributed by atoms with Crippen LogP contribution in [0.2, 0.25) is 0 Å². The van der Waals surface area contributed by atoms with Crippen LogP contribution in [-0.4, -0.2) is 19.2 Å². The topological polar surface area (TPSA) is 117 Å². The fourth-order valence-corrected chi connectivity index (χ4v) is 5.61. The maximum absolute atomic E-state index is 13.2. The number of rotatable bonds is 10. The lowest BCUT2D eigenvalue weighted by Crippen LogP contribution is -2.21. The number of aryl methyl sites for hydroxylation is 3. The van der Waals surface area contributed by atoms with Crippen LogP contribution in [0.15, 0.2) is 64.4 Å². The number of benzene rings is 3. The summed E-state index contributed by atoms with van der Waals surface area (Å²) in [5.74, 6) is 0.889. The molecule has 1 aliphatic heterocycles. The van der Waals surface area contributed by atoms with Crippen molar-refractivity contribution in [3.05, 3.63) is 93.6 Å². The molecule has 1 aliphatic rings. The van der Waals surface area contributed by atoms with Crippen LogP contribution in [-0.2, 0) is 0 Å². The van der Waals surface area contributed by atoms with Crippen molar-refractivity contribution in [1.82, 2.24) is 0 Å². The molecule has 5 rings (SSSR count). The van der Waals surface area contributed by atoms with Crippen molar-refractivity contribution in [1.29, 1.82) is 5.26 Å². The second-order valence-electron chi connectivity index (χ2n) is 10.7. The van der Waals surface area contributed by atoms with Crippen molar-refractivity contribution in [2.45, 2.75) is 59.8 Å². The van der Waals surface area contributed by atoms with Gasteiger partial charge in [-0.2, -0.15) is 5.26 Å². The predicted octanol–water partition coefficient (Wildman–Crippen LogP) is 7.76. The van der Waals surface area contributed by atoms with Gasteiger partial charge in [-0.25, -0.2) is 4.79 Å². The summed E-state index contributed by atoms with van der Waals surface area (Å²) in [6, 6.07) is 16.9. The smallest absolute Gasteiger partial charge is 0.379 e. The van der Waals surface area contributed by atoms with E-state index in [0.29, 0.717) is 41.6 Å². The van der Waals surface area contributed by atoms with Gasteiger partial charge in [0.05, 0.1) is 19.1 Å². The molecule has 0 saturated carbocycles. The average molecular weight is 581 g/mol. The molecule has 8 nitrogen and oxygen atoms in total. The highest BCUT2D eigenvalue weighted by Gasteiger charge is 2.32. The third-order valence-electron chi connectivity index (χ3n) is 7.56. The minimum Gasteiger partial charge on any atom is -0.490 e. The Labute approximate surface area is 251 Å². The van der Waals surface area contributed by atoms with E-state index in [1.807, 2.05) is 52.0 Å². The normalized spacial score (nSPS) is 14.2. The summed E-state index contributed by atoms with van der Waals surface area (Å²) in [5, 5.41) is 10.9. The first-order valence-electron chi connectivity index (χ1n) is 14.6. The summed E-state index contributed by atoms with van der Waals surface area (Å²) < 4.78 is 29.4. The zero-order valence-electron chi connectivity index (χ0n) is 25.2. The van der Waals surface area contributed by atoms with E-state index in [4.69, 9.17) is 29.1 Å². The Balaban J connectivity index is 1.45. The van der Waals surface area contributed by atoms with Crippen molar-refractivity contribution in [2.75, 3.05) is 13.2 Å². The number of unbranched alkanes of at least 4 members (excludes halogenated alkanes) is 2. The van der Waals surface area contributed by atoms with Gasteiger partial charge in [0.1, 0.15) is 28.7 Å². The molecular formula is C35H36N2O6. The van der Waals surface area contributed by atoms with E-state index in [2.05, 4.69) is 19.1 Å². The minimum atomic E-state index is -0.616. The van der Waals surface area contributed by atoms with Crippen molar-refractivity contribution in [3.63, 3.8) is 0 Å². The summed E-state index contributed by atoms with van der Waals surface area (Å²) in [4.78, 5) is 13.2. The number of allylic oxidation sites excluding steroid dienone is 1. The van der Waals surface area contributed by atoms with Gasteiger partial charge in [-0.3, -0.25) is 0 Å². The SMILES string of the molecule is CCCCCOc1ccc(C2C(C#N)=C(N)Oc3cc(OC(=O)c4oc5cc(C)cc(C)c5c4C)ccc32)cc1OCC. The quantitative estimate of drug-likeness (QED) is 0.115. The molecule has 3 aromatic carbocycles. The largest absolute Gasteiger partial charge is 0.490 e. The third-order valence-corrected chi connectivity index (χ3v) is 7.56. The van der Waals surface area contributed by atoms with Crippen molar-refractivity contribution in [2.24, 2.45) is 5.73 Å². The highest BCUT2D eigenvalue weighted by Crippen LogP contribution is 2.45. The molecule has 43 heavy (non-hydrogen) atoms. The molecule has 8 heteroatoms. The Morgan fingerprint density at radius 2 is 1.81 bits per heavy atom. The first-order valence-corrected chi connectivity index (χ1v) is 14.6. The van der Waals surface area contributed by atoms with Crippen LogP contribution in [0.25, 0.3) is 11.0 Å². The number of nitrogens with zero attached hydrogens (tertiary/aromatic N) is 1. The lowest BCUT2D eigenvalue weighted by atomic mass is 9.83. The summed E-state index contributed by atoms with van der Waals surface area (Å²) in [6.07, 6.45) is 3.15. The van der Waals surface area contributed by atoms with Crippen LogP contribution in [0, 0.1) is 32.1 Å². The number of esters is 1. The highest BCUT2D eigenvalue weighted by atomic mass is 16.5. The number of hydrogen-bond donors (Lipinski definition) is 1. The molecule has 2 N–H and O–H groups in total. The van der Waals surface area contributed by atoms with E-state index < -0.39 is 11.9 Å². The van der Waals surface area contributed by atoms with Gasteiger partial charge in [-0.05, 0) is 75.1 Å². The molecule has 0 fully saturated rings. The molecule has 0 aliphatic carbocycles. The fourth-order valence-electron chi connectivity index (χ4n) is 5.61. The first kappa shape index (κ1) is 29.6. The Morgan fingerprint density at radius 3 is 2.56 bits per heavy atom. The summed E-state index contributed by atoms with van der Waals surface area (Å²) in [7, 11) is 0. The molecule has 0 amide bonds. The lowest BCUT2D eigenvalue weighted by molar-refractivity contribution is 0.0702. The number of nitriles is 1. The van der Waals surface area contributed by atoms with Crippen molar-refractivity contribution in [3.8, 4) is 29.1 Å². The van der Waals surface area contributed by atoms with Gasteiger partial charge in [-0.15, -0.1) is 0 Å². The highest BCUT2D eigenvalue weighted by molar-refractivity contribution is 5.98. The molecule has 0 bridgehead atoms. The lowest BCUT2D eigenvalue weighted by Gasteiger charge is -2.27. The molecule has 222 valence electrons. The van der Waals surface area contributed by atoms with Gasteiger partial charge in [-0.1, -0.05) is 38.0 Å². The van der Waals surface area contributed by atoms with Crippen LogP contribution in [0.1, 0.15) is 77.4 Å². The Bertz CT molecular complexity index is 1760. The molecule has 0 radical (unpaired) electrons. The average Bonchev–Trinajstić information content (AvgIpc) is 3.31. The number of fused-ring (bicyclic) bond motifs is 2. The van der Waals surface area contributed by atoms with Crippen LogP contribution in [0.3, 0.4) is 0 Å². The van der Waals surface area contributed by atoms with E-state index in [1.165, 1.54) is 0 Å². The number of carbonyl (C=O) groups excluding carboxylic acids is 1. The second kappa shape index (κ2) is 12.5. The van der Waals surface area contributed by atoms with Gasteiger partial charge in [0.2, 0.25) is 11.6 Å². The summed E-state index contributed by atoms with van der Waals surface area (Å²) >= 11 is 0. The van der Waals surface area contributed by atoms with Crippen molar-refractivity contribution < 1.29 is 28.2 Å². The Kier molecular flexibility index (Phi) is 8.63. The van der Waals surface area contributed by atoms with E-state index >= 15 is 0 Å². The van der Waals surface area contributed by atoms with Crippen LogP contribution in [0.4, 0.5) is 0 Å².